The molecule has 2 amide bonds. The molecule has 6 nitrogen and oxygen atoms in total. The second-order valence-electron chi connectivity index (χ2n) is 5.90. The van der Waals surface area contributed by atoms with E-state index >= 15 is 0 Å². The monoisotopic (exact) mass is 377 g/mol. The molecule has 2 heterocycles. The molecule has 0 aliphatic heterocycles. The van der Waals surface area contributed by atoms with Gasteiger partial charge < -0.3 is 15.5 Å². The molecule has 0 atom stereocenters. The number of benzene rings is 2. The van der Waals surface area contributed by atoms with Gasteiger partial charge in [-0.3, -0.25) is 9.59 Å². The first-order chi connectivity index (χ1) is 13.1. The van der Waals surface area contributed by atoms with E-state index < -0.39 is 5.91 Å². The van der Waals surface area contributed by atoms with Gasteiger partial charge in [-0.1, -0.05) is 24.3 Å². The van der Waals surface area contributed by atoms with Gasteiger partial charge in [0.25, 0.3) is 5.91 Å². The molecule has 134 valence electrons. The molecule has 0 aliphatic rings. The highest BCUT2D eigenvalue weighted by atomic mass is 32.1. The number of amides is 2. The minimum atomic E-state index is -0.505. The van der Waals surface area contributed by atoms with Gasteiger partial charge in [0, 0.05) is 12.1 Å². The summed E-state index contributed by atoms with van der Waals surface area (Å²) in [7, 11) is 0. The lowest BCUT2D eigenvalue weighted by molar-refractivity contribution is 0.0923. The number of para-hydroxylation sites is 1. The Balaban J connectivity index is 1.47. The van der Waals surface area contributed by atoms with Gasteiger partial charge in [0.15, 0.2) is 16.5 Å². The third kappa shape index (κ3) is 3.58. The van der Waals surface area contributed by atoms with E-state index in [2.05, 4.69) is 10.3 Å². The molecule has 0 bridgehead atoms. The summed E-state index contributed by atoms with van der Waals surface area (Å²) in [5.74, 6) is -0.0890. The lowest BCUT2D eigenvalue weighted by atomic mass is 10.1. The van der Waals surface area contributed by atoms with Crippen LogP contribution in [-0.2, 0) is 6.54 Å². The van der Waals surface area contributed by atoms with Crippen molar-refractivity contribution in [2.24, 2.45) is 5.73 Å². The van der Waals surface area contributed by atoms with Gasteiger partial charge in [-0.25, -0.2) is 4.98 Å². The van der Waals surface area contributed by atoms with Crippen LogP contribution < -0.4 is 11.1 Å². The van der Waals surface area contributed by atoms with Crippen LogP contribution in [-0.4, -0.2) is 16.8 Å². The van der Waals surface area contributed by atoms with Crippen molar-refractivity contribution in [1.29, 1.82) is 0 Å². The second-order valence-corrected chi connectivity index (χ2v) is 6.93. The van der Waals surface area contributed by atoms with Crippen LogP contribution in [0.4, 0.5) is 0 Å². The maximum atomic E-state index is 12.3. The predicted molar refractivity (Wildman–Crippen MR) is 103 cm³/mol. The van der Waals surface area contributed by atoms with Crippen LogP contribution >= 0.6 is 11.3 Å². The molecule has 27 heavy (non-hydrogen) atoms. The molecule has 4 rings (SSSR count). The van der Waals surface area contributed by atoms with Crippen molar-refractivity contribution in [2.45, 2.75) is 6.54 Å². The molecule has 7 heteroatoms. The van der Waals surface area contributed by atoms with Gasteiger partial charge in [0.05, 0.1) is 10.2 Å². The summed E-state index contributed by atoms with van der Waals surface area (Å²) in [5, 5.41) is 3.50. The van der Waals surface area contributed by atoms with Crippen molar-refractivity contribution in [3.8, 4) is 10.8 Å². The van der Waals surface area contributed by atoms with Gasteiger partial charge in [0.1, 0.15) is 0 Å². The van der Waals surface area contributed by atoms with E-state index in [0.717, 1.165) is 20.8 Å². The van der Waals surface area contributed by atoms with Crippen LogP contribution in [0.5, 0.6) is 0 Å². The zero-order valence-corrected chi connectivity index (χ0v) is 15.0. The zero-order chi connectivity index (χ0) is 18.8. The highest BCUT2D eigenvalue weighted by Crippen LogP contribution is 2.31. The van der Waals surface area contributed by atoms with Crippen LogP contribution in [0.25, 0.3) is 21.0 Å². The molecule has 3 N–H and O–H groups in total. The highest BCUT2D eigenvalue weighted by Gasteiger charge is 2.15. The maximum absolute atomic E-state index is 12.3. The number of carbonyl (C=O) groups is 2. The summed E-state index contributed by atoms with van der Waals surface area (Å²) in [5.41, 5.74) is 7.34. The number of fused-ring (bicyclic) bond motifs is 1. The Bertz CT molecular complexity index is 1110. The van der Waals surface area contributed by atoms with Crippen molar-refractivity contribution in [2.75, 3.05) is 0 Å². The zero-order valence-electron chi connectivity index (χ0n) is 14.1. The van der Waals surface area contributed by atoms with Crippen LogP contribution in [0.1, 0.15) is 26.5 Å². The first kappa shape index (κ1) is 17.0. The molecule has 0 spiro atoms. The van der Waals surface area contributed by atoms with Gasteiger partial charge in [-0.15, -0.1) is 11.3 Å². The number of primary amides is 1. The number of furan rings is 1. The van der Waals surface area contributed by atoms with E-state index in [9.17, 15) is 9.59 Å². The number of thiazole rings is 1. The number of aromatic nitrogens is 1. The summed E-state index contributed by atoms with van der Waals surface area (Å²) in [6, 6.07) is 18.0. The Labute approximate surface area is 158 Å². The van der Waals surface area contributed by atoms with E-state index in [1.165, 1.54) is 11.3 Å². The summed E-state index contributed by atoms with van der Waals surface area (Å²) >= 11 is 1.51. The van der Waals surface area contributed by atoms with Crippen LogP contribution in [0, 0.1) is 0 Å². The van der Waals surface area contributed by atoms with Gasteiger partial charge in [-0.2, -0.15) is 0 Å². The van der Waals surface area contributed by atoms with Crippen LogP contribution in [0.3, 0.4) is 0 Å². The highest BCUT2D eigenvalue weighted by molar-refractivity contribution is 7.21. The minimum Gasteiger partial charge on any atom is -0.448 e. The molecule has 0 saturated heterocycles. The molecular formula is C20H15N3O3S. The third-order valence-corrected chi connectivity index (χ3v) is 5.05. The fourth-order valence-corrected chi connectivity index (χ4v) is 3.58. The first-order valence-electron chi connectivity index (χ1n) is 8.23. The van der Waals surface area contributed by atoms with Gasteiger partial charge in [-0.05, 0) is 42.0 Å². The van der Waals surface area contributed by atoms with Crippen molar-refractivity contribution in [3.63, 3.8) is 0 Å². The molecule has 0 aliphatic carbocycles. The molecule has 0 unspecified atom stereocenters. The van der Waals surface area contributed by atoms with E-state index in [0.29, 0.717) is 11.3 Å². The number of hydrogen-bond acceptors (Lipinski definition) is 5. The molecule has 2 aromatic carbocycles. The molecule has 0 radical (unpaired) electrons. The number of nitrogens with two attached hydrogens (primary N) is 1. The Kier molecular flexibility index (Phi) is 4.43. The number of carbonyl (C=O) groups excluding carboxylic acids is 2. The molecule has 0 saturated carbocycles. The largest absolute Gasteiger partial charge is 0.448 e. The lowest BCUT2D eigenvalue weighted by Gasteiger charge is -2.04. The predicted octanol–water partition coefficient (Wildman–Crippen LogP) is 3.59. The SMILES string of the molecule is NC(=O)c1cccc(CNC(=O)c2ccc(-c3nc4ccccc4s3)o2)c1. The fraction of sp³-hybridized carbons (Fsp3) is 0.0500. The second kappa shape index (κ2) is 7.05. The van der Waals surface area contributed by atoms with Crippen molar-refractivity contribution < 1.29 is 14.0 Å². The fourth-order valence-electron chi connectivity index (χ4n) is 2.66. The molecule has 0 fully saturated rings. The summed E-state index contributed by atoms with van der Waals surface area (Å²) < 4.78 is 6.73. The Morgan fingerprint density at radius 3 is 2.74 bits per heavy atom. The quantitative estimate of drug-likeness (QED) is 0.555. The normalized spacial score (nSPS) is 10.8. The molecule has 4 aromatic rings. The number of nitrogens with one attached hydrogen (secondary N) is 1. The maximum Gasteiger partial charge on any atom is 0.287 e. The Morgan fingerprint density at radius 1 is 1.07 bits per heavy atom. The average Bonchev–Trinajstić information content (AvgIpc) is 3.33. The van der Waals surface area contributed by atoms with E-state index in [1.807, 2.05) is 24.3 Å². The van der Waals surface area contributed by atoms with Gasteiger partial charge >= 0.3 is 0 Å². The topological polar surface area (TPSA) is 98.2 Å². The minimum absolute atomic E-state index is 0.204. The first-order valence-corrected chi connectivity index (χ1v) is 9.04. The lowest BCUT2D eigenvalue weighted by Crippen LogP contribution is -2.22. The molecule has 2 aromatic heterocycles. The van der Waals surface area contributed by atoms with Crippen molar-refractivity contribution in [3.05, 3.63) is 77.6 Å². The summed E-state index contributed by atoms with van der Waals surface area (Å²) in [6.45, 7) is 0.261. The van der Waals surface area contributed by atoms with Gasteiger partial charge in [0.2, 0.25) is 5.91 Å². The molecular weight excluding hydrogens is 362 g/mol. The number of rotatable bonds is 5. The average molecular weight is 377 g/mol. The van der Waals surface area contributed by atoms with Crippen molar-refractivity contribution in [1.82, 2.24) is 10.3 Å². The summed E-state index contributed by atoms with van der Waals surface area (Å²) in [4.78, 5) is 28.1. The number of hydrogen-bond donors (Lipinski definition) is 2. The standard InChI is InChI=1S/C20H15N3O3S/c21-18(24)13-5-3-4-12(10-13)11-22-19(25)15-8-9-16(26-15)20-23-14-6-1-2-7-17(14)27-20/h1-10H,11H2,(H2,21,24)(H,22,25). The van der Waals surface area contributed by atoms with Crippen LogP contribution in [0.2, 0.25) is 0 Å². The van der Waals surface area contributed by atoms with E-state index in [1.54, 1.807) is 36.4 Å². The van der Waals surface area contributed by atoms with E-state index in [-0.39, 0.29) is 18.2 Å². The third-order valence-electron chi connectivity index (χ3n) is 4.00. The number of nitrogens with zero attached hydrogens (tertiary/aromatic N) is 1. The van der Waals surface area contributed by atoms with Crippen molar-refractivity contribution >= 4 is 33.4 Å². The summed E-state index contributed by atoms with van der Waals surface area (Å²) in [6.07, 6.45) is 0. The Morgan fingerprint density at radius 2 is 1.93 bits per heavy atom. The van der Waals surface area contributed by atoms with Crippen LogP contribution in [0.15, 0.2) is 65.1 Å². The Hall–Kier alpha value is -3.45. The van der Waals surface area contributed by atoms with E-state index in [4.69, 9.17) is 10.2 Å². The smallest absolute Gasteiger partial charge is 0.287 e.